The molecule has 0 bridgehead atoms. The standard InChI is InChI=1S/C19H21ClN2O4.C17H15N3O/c1-23-16-6-5-12(7-17(16)24-2)11-22-15-9-19(26-4)18(25-3)8-13(15)14(10-20)21-22;1-21-17(13-7-3-2-4-8-13)20-16-10-6-5-9-14(16)15(19-20)11-12-18/h5-9H,10-11H2,1-4H3;2-10,17H,11H2,1H3. The molecule has 1 atom stereocenters. The number of nitrogens with zero attached hydrogens (tertiary/aromatic N) is 5. The van der Waals surface area contributed by atoms with Crippen LogP contribution in [0.3, 0.4) is 0 Å². The fourth-order valence-corrected chi connectivity index (χ4v) is 5.67. The average Bonchev–Trinajstić information content (AvgIpc) is 3.65. The predicted molar refractivity (Wildman–Crippen MR) is 182 cm³/mol. The Morgan fingerprint density at radius 1 is 0.702 bits per heavy atom. The van der Waals surface area contributed by atoms with Gasteiger partial charge in [0.2, 0.25) is 0 Å². The van der Waals surface area contributed by atoms with Crippen molar-refractivity contribution in [2.24, 2.45) is 0 Å². The molecule has 4 aromatic carbocycles. The number of ether oxygens (including phenoxy) is 5. The smallest absolute Gasteiger partial charge is 0.176 e. The molecular weight excluding hydrogens is 618 g/mol. The van der Waals surface area contributed by atoms with Crippen LogP contribution in [0.4, 0.5) is 0 Å². The number of nitriles is 1. The summed E-state index contributed by atoms with van der Waals surface area (Å²) in [5.74, 6) is 2.98. The average molecular weight is 654 g/mol. The van der Waals surface area contributed by atoms with E-state index in [1.165, 1.54) is 0 Å². The van der Waals surface area contributed by atoms with E-state index in [-0.39, 0.29) is 6.23 Å². The Hall–Kier alpha value is -5.24. The molecule has 6 rings (SSSR count). The van der Waals surface area contributed by atoms with Crippen molar-refractivity contribution in [3.63, 3.8) is 0 Å². The molecule has 0 saturated heterocycles. The number of benzene rings is 4. The van der Waals surface area contributed by atoms with Crippen molar-refractivity contribution in [3.8, 4) is 29.1 Å². The Morgan fingerprint density at radius 3 is 2.02 bits per heavy atom. The molecule has 0 aliphatic carbocycles. The van der Waals surface area contributed by atoms with E-state index in [0.717, 1.165) is 44.3 Å². The molecule has 11 heteroatoms. The fraction of sp³-hybridized carbons (Fsp3) is 0.250. The summed E-state index contributed by atoms with van der Waals surface area (Å²) in [6.07, 6.45) is -0.0119. The summed E-state index contributed by atoms with van der Waals surface area (Å²) in [5, 5.41) is 20.2. The maximum Gasteiger partial charge on any atom is 0.176 e. The third kappa shape index (κ3) is 6.97. The van der Waals surface area contributed by atoms with Gasteiger partial charge < -0.3 is 23.7 Å². The van der Waals surface area contributed by atoms with Gasteiger partial charge in [-0.15, -0.1) is 11.6 Å². The maximum atomic E-state index is 8.97. The van der Waals surface area contributed by atoms with Crippen LogP contribution in [0.15, 0.2) is 84.9 Å². The van der Waals surface area contributed by atoms with Crippen molar-refractivity contribution in [1.82, 2.24) is 19.6 Å². The van der Waals surface area contributed by atoms with E-state index in [0.29, 0.717) is 41.8 Å². The molecule has 1 unspecified atom stereocenters. The van der Waals surface area contributed by atoms with Crippen LogP contribution in [0.25, 0.3) is 21.8 Å². The molecule has 0 aliphatic rings. The molecular formula is C36H36ClN5O5. The van der Waals surface area contributed by atoms with Crippen LogP contribution in [-0.4, -0.2) is 55.1 Å². The van der Waals surface area contributed by atoms with Crippen LogP contribution < -0.4 is 18.9 Å². The molecule has 242 valence electrons. The first-order valence-electron chi connectivity index (χ1n) is 14.8. The van der Waals surface area contributed by atoms with Crippen molar-refractivity contribution in [3.05, 3.63) is 107 Å². The van der Waals surface area contributed by atoms with E-state index < -0.39 is 0 Å². The van der Waals surface area contributed by atoms with Crippen molar-refractivity contribution >= 4 is 33.4 Å². The van der Waals surface area contributed by atoms with Crippen molar-refractivity contribution in [2.75, 3.05) is 35.5 Å². The lowest BCUT2D eigenvalue weighted by Crippen LogP contribution is -2.14. The number of halogens is 1. The van der Waals surface area contributed by atoms with E-state index in [9.17, 15) is 0 Å². The minimum atomic E-state index is -0.302. The van der Waals surface area contributed by atoms with Gasteiger partial charge in [0.15, 0.2) is 29.2 Å². The Balaban J connectivity index is 0.000000189. The zero-order chi connectivity index (χ0) is 33.3. The van der Waals surface area contributed by atoms with Crippen LogP contribution in [-0.2, 0) is 23.6 Å². The molecule has 2 heterocycles. The van der Waals surface area contributed by atoms with Gasteiger partial charge in [0.1, 0.15) is 0 Å². The summed E-state index contributed by atoms with van der Waals surface area (Å²) < 4.78 is 30.9. The molecule has 6 aromatic rings. The first-order chi connectivity index (χ1) is 23.0. The summed E-state index contributed by atoms with van der Waals surface area (Å²) in [6.45, 7) is 0.559. The number of hydrogen-bond acceptors (Lipinski definition) is 8. The number of rotatable bonds is 11. The van der Waals surface area contributed by atoms with Crippen molar-refractivity contribution in [1.29, 1.82) is 5.26 Å². The van der Waals surface area contributed by atoms with Crippen molar-refractivity contribution in [2.45, 2.75) is 25.1 Å². The van der Waals surface area contributed by atoms with E-state index in [2.05, 4.69) is 16.3 Å². The monoisotopic (exact) mass is 653 g/mol. The van der Waals surface area contributed by atoms with Crippen LogP contribution in [0.2, 0.25) is 0 Å². The van der Waals surface area contributed by atoms with E-state index in [4.69, 9.17) is 40.5 Å². The van der Waals surface area contributed by atoms with Gasteiger partial charge >= 0.3 is 0 Å². The summed E-state index contributed by atoms with van der Waals surface area (Å²) in [6, 6.07) is 29.6. The summed E-state index contributed by atoms with van der Waals surface area (Å²) >= 11 is 6.09. The third-order valence-electron chi connectivity index (χ3n) is 7.71. The minimum absolute atomic E-state index is 0.290. The molecule has 2 aromatic heterocycles. The number of methoxy groups -OCH3 is 5. The summed E-state index contributed by atoms with van der Waals surface area (Å²) in [7, 11) is 8.12. The molecule has 0 N–H and O–H groups in total. The van der Waals surface area contributed by atoms with Gasteiger partial charge in [-0.25, -0.2) is 4.68 Å². The molecule has 47 heavy (non-hydrogen) atoms. The SMILES string of the molecule is COC(c1ccccc1)n1nc(CC#N)c2ccccc21.COc1ccc(Cn2nc(CCl)c3cc(OC)c(OC)cc32)cc1OC. The Kier molecular flexibility index (Phi) is 10.8. The highest BCUT2D eigenvalue weighted by atomic mass is 35.5. The maximum absolute atomic E-state index is 8.97. The second-order valence-corrected chi connectivity index (χ2v) is 10.7. The van der Waals surface area contributed by atoms with Gasteiger partial charge in [0.25, 0.3) is 0 Å². The second-order valence-electron chi connectivity index (χ2n) is 10.4. The normalized spacial score (nSPS) is 11.4. The van der Waals surface area contributed by atoms with Gasteiger partial charge in [-0.2, -0.15) is 15.5 Å². The molecule has 0 fully saturated rings. The van der Waals surface area contributed by atoms with Crippen LogP contribution in [0, 0.1) is 11.3 Å². The van der Waals surface area contributed by atoms with Crippen LogP contribution in [0.5, 0.6) is 23.0 Å². The van der Waals surface area contributed by atoms with Crippen LogP contribution in [0.1, 0.15) is 28.7 Å². The largest absolute Gasteiger partial charge is 0.493 e. The first-order valence-corrected chi connectivity index (χ1v) is 15.3. The van der Waals surface area contributed by atoms with Crippen molar-refractivity contribution < 1.29 is 23.7 Å². The molecule has 0 saturated carbocycles. The Bertz CT molecular complexity index is 2000. The number of para-hydroxylation sites is 1. The lowest BCUT2D eigenvalue weighted by Gasteiger charge is -2.17. The number of hydrogen-bond donors (Lipinski definition) is 0. The number of aromatic nitrogens is 4. The van der Waals surface area contributed by atoms with Gasteiger partial charge in [-0.1, -0.05) is 54.6 Å². The molecule has 0 radical (unpaired) electrons. The zero-order valence-corrected chi connectivity index (χ0v) is 27.7. The van der Waals surface area contributed by atoms with E-state index in [1.807, 2.05) is 94.3 Å². The lowest BCUT2D eigenvalue weighted by atomic mass is 10.1. The molecule has 0 amide bonds. The predicted octanol–water partition coefficient (Wildman–Crippen LogP) is 7.15. The Labute approximate surface area is 278 Å². The first kappa shape index (κ1) is 33.1. The summed E-state index contributed by atoms with van der Waals surface area (Å²) in [5.41, 5.74) is 5.53. The number of fused-ring (bicyclic) bond motifs is 2. The lowest BCUT2D eigenvalue weighted by molar-refractivity contribution is 0.0716. The second kappa shape index (κ2) is 15.4. The fourth-order valence-electron chi connectivity index (χ4n) is 5.47. The Morgan fingerprint density at radius 2 is 1.36 bits per heavy atom. The highest BCUT2D eigenvalue weighted by molar-refractivity contribution is 6.17. The van der Waals surface area contributed by atoms with Gasteiger partial charge in [0, 0.05) is 29.5 Å². The highest BCUT2D eigenvalue weighted by Crippen LogP contribution is 2.35. The highest BCUT2D eigenvalue weighted by Gasteiger charge is 2.19. The molecule has 0 aliphatic heterocycles. The van der Waals surface area contributed by atoms with E-state index in [1.54, 1.807) is 35.5 Å². The van der Waals surface area contributed by atoms with E-state index >= 15 is 0 Å². The molecule has 0 spiro atoms. The minimum Gasteiger partial charge on any atom is -0.493 e. The van der Waals surface area contributed by atoms with Gasteiger partial charge in [-0.3, -0.25) is 4.68 Å². The third-order valence-corrected chi connectivity index (χ3v) is 7.96. The van der Waals surface area contributed by atoms with Crippen LogP contribution >= 0.6 is 11.6 Å². The number of alkyl halides is 1. The van der Waals surface area contributed by atoms with Gasteiger partial charge in [-0.05, 0) is 29.8 Å². The molecule has 10 nitrogen and oxygen atoms in total. The summed E-state index contributed by atoms with van der Waals surface area (Å²) in [4.78, 5) is 0. The zero-order valence-electron chi connectivity index (χ0n) is 26.9. The van der Waals surface area contributed by atoms with Gasteiger partial charge in [0.05, 0.1) is 75.8 Å². The quantitative estimate of drug-likeness (QED) is 0.136. The topological polar surface area (TPSA) is 106 Å².